The molecule has 0 saturated carbocycles. The minimum absolute atomic E-state index is 0.236. The lowest BCUT2D eigenvalue weighted by Gasteiger charge is -2.46. The highest BCUT2D eigenvalue weighted by Crippen LogP contribution is 2.45. The smallest absolute Gasteiger partial charge is 0.184 e. The van der Waals surface area contributed by atoms with E-state index in [-0.39, 0.29) is 22.8 Å². The van der Waals surface area contributed by atoms with Gasteiger partial charge in [0.25, 0.3) is 0 Å². The molecule has 7 heteroatoms. The van der Waals surface area contributed by atoms with Crippen molar-refractivity contribution in [2.24, 2.45) is 0 Å². The van der Waals surface area contributed by atoms with Crippen molar-refractivity contribution in [3.63, 3.8) is 0 Å². The Morgan fingerprint density at radius 1 is 1.12 bits per heavy atom. The van der Waals surface area contributed by atoms with Crippen LogP contribution in [0.2, 0.25) is 0 Å². The number of benzene rings is 1. The van der Waals surface area contributed by atoms with E-state index >= 15 is 0 Å². The van der Waals surface area contributed by atoms with Crippen LogP contribution in [0.4, 0.5) is 0 Å². The fraction of sp³-hybridized carbons (Fsp3) is 0.647. The number of ether oxygens (including phenoxy) is 2. The van der Waals surface area contributed by atoms with Crippen LogP contribution >= 0.6 is 0 Å². The average Bonchev–Trinajstić information content (AvgIpc) is 2.89. The molecule has 0 bridgehead atoms. The number of hydrogen-bond acceptors (Lipinski definition) is 5. The van der Waals surface area contributed by atoms with Gasteiger partial charge in [0, 0.05) is 0 Å². The largest absolute Gasteiger partial charge is 0.632 e. The summed E-state index contributed by atoms with van der Waals surface area (Å²) in [6, 6.07) is 7.22. The van der Waals surface area contributed by atoms with Crippen LogP contribution in [0, 0.1) is 5.21 Å². The van der Waals surface area contributed by atoms with Crippen molar-refractivity contribution >= 4 is 9.84 Å². The lowest BCUT2D eigenvalue weighted by atomic mass is 10.1. The van der Waals surface area contributed by atoms with Gasteiger partial charge >= 0.3 is 0 Å². The van der Waals surface area contributed by atoms with Crippen molar-refractivity contribution in [3.05, 3.63) is 35.5 Å². The van der Waals surface area contributed by atoms with Gasteiger partial charge in [-0.05, 0) is 32.4 Å². The van der Waals surface area contributed by atoms with Crippen molar-refractivity contribution in [2.75, 3.05) is 12.8 Å². The first-order valence-electron chi connectivity index (χ1n) is 8.29. The molecule has 0 N–H and O–H groups in total. The molecule has 134 valence electrons. The van der Waals surface area contributed by atoms with Crippen molar-refractivity contribution < 1.29 is 22.5 Å². The molecule has 0 amide bonds. The molecule has 5 atom stereocenters. The summed E-state index contributed by atoms with van der Waals surface area (Å²) < 4.78 is 36.8. The zero-order valence-electron chi connectivity index (χ0n) is 14.5. The first kappa shape index (κ1) is 17.8. The summed E-state index contributed by atoms with van der Waals surface area (Å²) in [6.07, 6.45) is -0.267. The number of sulfone groups is 1. The van der Waals surface area contributed by atoms with E-state index in [2.05, 4.69) is 0 Å². The summed E-state index contributed by atoms with van der Waals surface area (Å²) in [7, 11) is -2.03. The highest BCUT2D eigenvalue weighted by molar-refractivity contribution is 7.91. The van der Waals surface area contributed by atoms with Crippen molar-refractivity contribution in [1.82, 2.24) is 0 Å². The van der Waals surface area contributed by atoms with Gasteiger partial charge in [-0.15, -0.1) is 0 Å². The first-order valence-corrected chi connectivity index (χ1v) is 9.94. The van der Waals surface area contributed by atoms with Gasteiger partial charge in [0.2, 0.25) is 0 Å². The Morgan fingerprint density at radius 3 is 2.21 bits per heavy atom. The lowest BCUT2D eigenvalue weighted by molar-refractivity contribution is -0.899. The van der Waals surface area contributed by atoms with Gasteiger partial charge in [-0.1, -0.05) is 25.1 Å². The third-order valence-electron chi connectivity index (χ3n) is 5.15. The van der Waals surface area contributed by atoms with Crippen LogP contribution in [0.15, 0.2) is 35.2 Å². The zero-order valence-corrected chi connectivity index (χ0v) is 15.3. The second-order valence-electron chi connectivity index (χ2n) is 7.26. The number of hydroxylamine groups is 3. The Labute approximate surface area is 143 Å². The number of likely N-dealkylation sites (N-methyl/N-ethyl adjacent to an activating group) is 1. The van der Waals surface area contributed by atoms with Crippen LogP contribution in [-0.2, 0) is 19.3 Å². The van der Waals surface area contributed by atoms with Crippen molar-refractivity contribution in [2.45, 2.75) is 62.2 Å². The molecule has 1 aromatic rings. The van der Waals surface area contributed by atoms with Crippen LogP contribution in [0.3, 0.4) is 0 Å². The molecule has 3 rings (SSSR count). The molecule has 0 spiro atoms. The molecule has 0 aliphatic carbocycles. The van der Waals surface area contributed by atoms with E-state index in [0.717, 1.165) is 0 Å². The molecule has 2 aliphatic rings. The van der Waals surface area contributed by atoms with Gasteiger partial charge < -0.3 is 19.3 Å². The summed E-state index contributed by atoms with van der Waals surface area (Å²) in [4.78, 5) is 0.236. The molecule has 1 unspecified atom stereocenters. The average molecular weight is 355 g/mol. The Kier molecular flexibility index (Phi) is 4.29. The van der Waals surface area contributed by atoms with Crippen molar-refractivity contribution in [3.8, 4) is 0 Å². The van der Waals surface area contributed by atoms with Gasteiger partial charge in [-0.3, -0.25) is 0 Å². The summed E-state index contributed by atoms with van der Waals surface area (Å²) in [5.41, 5.74) is 0. The van der Waals surface area contributed by atoms with Crippen LogP contribution in [0.1, 0.15) is 27.2 Å². The number of hydrogen-bond donors (Lipinski definition) is 0. The highest BCUT2D eigenvalue weighted by atomic mass is 32.2. The number of likely N-dealkylation sites (tertiary alicyclic amines) is 1. The van der Waals surface area contributed by atoms with E-state index in [1.807, 2.05) is 6.92 Å². The third-order valence-corrected chi connectivity index (χ3v) is 6.92. The number of nitrogens with zero attached hydrogens (tertiary/aromatic N) is 1. The predicted octanol–water partition coefficient (Wildman–Crippen LogP) is 2.09. The number of rotatable bonds is 4. The maximum Gasteiger partial charge on any atom is 0.184 e. The molecule has 6 nitrogen and oxygen atoms in total. The van der Waals surface area contributed by atoms with Gasteiger partial charge in [-0.2, -0.15) is 0 Å². The van der Waals surface area contributed by atoms with Crippen LogP contribution in [0.25, 0.3) is 0 Å². The second kappa shape index (κ2) is 5.78. The van der Waals surface area contributed by atoms with E-state index in [1.165, 1.54) is 7.05 Å². The molecule has 24 heavy (non-hydrogen) atoms. The van der Waals surface area contributed by atoms with E-state index in [9.17, 15) is 13.6 Å². The van der Waals surface area contributed by atoms with E-state index < -0.39 is 32.4 Å². The monoisotopic (exact) mass is 355 g/mol. The van der Waals surface area contributed by atoms with Crippen LogP contribution < -0.4 is 0 Å². The second-order valence-corrected chi connectivity index (χ2v) is 9.30. The standard InChI is InChI=1S/C17H25NO5S/c1-5-13-15-16(23-17(2,3)22-15)14(18(13,4)19)11-24(20,21)12-9-7-6-8-10-12/h6-10,13-16H,5,11H2,1-4H3/t13-,14+,15+,16-,18?/m1/s1. The van der Waals surface area contributed by atoms with Crippen LogP contribution in [-0.4, -0.2) is 55.9 Å². The Balaban J connectivity index is 1.94. The van der Waals surface area contributed by atoms with E-state index in [4.69, 9.17) is 9.47 Å². The van der Waals surface area contributed by atoms with E-state index in [1.54, 1.807) is 44.2 Å². The molecule has 0 radical (unpaired) electrons. The number of fused-ring (bicyclic) bond motifs is 1. The zero-order chi connectivity index (χ0) is 17.8. The maximum atomic E-state index is 13.2. The quantitative estimate of drug-likeness (QED) is 0.611. The molecule has 0 aromatic heterocycles. The molecule has 2 saturated heterocycles. The molecule has 2 fully saturated rings. The molecular weight excluding hydrogens is 330 g/mol. The van der Waals surface area contributed by atoms with Gasteiger partial charge in [-0.25, -0.2) is 8.42 Å². The van der Waals surface area contributed by atoms with Crippen LogP contribution in [0.5, 0.6) is 0 Å². The van der Waals surface area contributed by atoms with Gasteiger partial charge in [0.15, 0.2) is 15.6 Å². The fourth-order valence-electron chi connectivity index (χ4n) is 4.03. The maximum absolute atomic E-state index is 13.2. The first-order chi connectivity index (χ1) is 11.1. The van der Waals surface area contributed by atoms with Crippen molar-refractivity contribution in [1.29, 1.82) is 0 Å². The van der Waals surface area contributed by atoms with Gasteiger partial charge in [0.1, 0.15) is 30.0 Å². The highest BCUT2D eigenvalue weighted by Gasteiger charge is 2.62. The summed E-state index contributed by atoms with van der Waals surface area (Å²) in [5.74, 6) is -1.04. The number of quaternary nitrogens is 1. The molecule has 1 aromatic carbocycles. The molecule has 2 aliphatic heterocycles. The Morgan fingerprint density at radius 2 is 1.67 bits per heavy atom. The topological polar surface area (TPSA) is 75.7 Å². The Bertz CT molecular complexity index is 701. The SMILES string of the molecule is CC[C@@H]1[C@@H]2OC(C)(C)O[C@@H]2[C@H](CS(=O)(=O)c2ccccc2)[N+]1(C)[O-]. The third kappa shape index (κ3) is 2.88. The fourth-order valence-corrected chi connectivity index (χ4v) is 5.73. The van der Waals surface area contributed by atoms with Gasteiger partial charge in [0.05, 0.1) is 11.9 Å². The molecule has 2 heterocycles. The summed E-state index contributed by atoms with van der Waals surface area (Å²) in [5, 5.41) is 13.2. The predicted molar refractivity (Wildman–Crippen MR) is 89.7 cm³/mol. The lowest BCUT2D eigenvalue weighted by Crippen LogP contribution is -2.55. The normalized spacial score (nSPS) is 38.2. The summed E-state index contributed by atoms with van der Waals surface area (Å²) >= 11 is 0. The minimum atomic E-state index is -3.57. The molecular formula is C17H25NO5S. The van der Waals surface area contributed by atoms with E-state index in [0.29, 0.717) is 6.42 Å². The minimum Gasteiger partial charge on any atom is -0.632 e. The Hall–Kier alpha value is -0.990. The summed E-state index contributed by atoms with van der Waals surface area (Å²) in [6.45, 7) is 5.53.